The molecule has 0 heterocycles. The Labute approximate surface area is 109 Å². The van der Waals surface area contributed by atoms with Crippen LogP contribution in [0.15, 0.2) is 40.9 Å². The van der Waals surface area contributed by atoms with Crippen LogP contribution in [0.25, 0.3) is 10.8 Å². The van der Waals surface area contributed by atoms with Crippen molar-refractivity contribution in [1.29, 1.82) is 0 Å². The Hall–Kier alpha value is -1.06. The summed E-state index contributed by atoms with van der Waals surface area (Å²) in [4.78, 5) is 0. The average Bonchev–Trinajstić information content (AvgIpc) is 3.10. The van der Waals surface area contributed by atoms with E-state index in [4.69, 9.17) is 10.5 Å². The highest BCUT2D eigenvalue weighted by Gasteiger charge is 2.44. The van der Waals surface area contributed by atoms with E-state index in [-0.39, 0.29) is 5.60 Å². The van der Waals surface area contributed by atoms with Crippen molar-refractivity contribution in [3.05, 3.63) is 40.9 Å². The first kappa shape index (κ1) is 11.1. The summed E-state index contributed by atoms with van der Waals surface area (Å²) in [6, 6.07) is 12.4. The van der Waals surface area contributed by atoms with Gasteiger partial charge in [-0.2, -0.15) is 0 Å². The molecule has 88 valence electrons. The van der Waals surface area contributed by atoms with Crippen molar-refractivity contribution < 1.29 is 4.74 Å². The van der Waals surface area contributed by atoms with Crippen molar-refractivity contribution in [3.63, 3.8) is 0 Å². The van der Waals surface area contributed by atoms with Gasteiger partial charge in [-0.15, -0.1) is 0 Å². The van der Waals surface area contributed by atoms with Crippen LogP contribution in [0, 0.1) is 0 Å². The molecule has 1 aliphatic rings. The number of rotatable bonds is 3. The second-order valence-corrected chi connectivity index (χ2v) is 5.56. The third-order valence-corrected chi connectivity index (χ3v) is 3.78. The maximum atomic E-state index is 5.96. The molecule has 1 fully saturated rings. The van der Waals surface area contributed by atoms with Crippen molar-refractivity contribution in [2.24, 2.45) is 5.73 Å². The van der Waals surface area contributed by atoms with Crippen LogP contribution in [-0.4, -0.2) is 12.1 Å². The number of hydrogen-bond donors (Lipinski definition) is 1. The first-order chi connectivity index (χ1) is 8.21. The van der Waals surface area contributed by atoms with Gasteiger partial charge in [-0.3, -0.25) is 0 Å². The van der Waals surface area contributed by atoms with E-state index in [1.54, 1.807) is 0 Å². The molecule has 2 aromatic rings. The number of hydrogen-bond acceptors (Lipinski definition) is 2. The second-order valence-electron chi connectivity index (χ2n) is 4.64. The standard InChI is InChI=1S/C14H14BrNO/c15-12-3-1-11-8-13(4-2-10(11)7-12)17-14(9-16)5-6-14/h1-4,7-8H,5-6,9,16H2. The van der Waals surface area contributed by atoms with Crippen molar-refractivity contribution in [2.45, 2.75) is 18.4 Å². The molecule has 0 unspecified atom stereocenters. The Balaban J connectivity index is 1.94. The Kier molecular flexibility index (Phi) is 2.60. The third kappa shape index (κ3) is 2.17. The maximum Gasteiger partial charge on any atom is 0.121 e. The summed E-state index contributed by atoms with van der Waals surface area (Å²) < 4.78 is 7.06. The normalized spacial score (nSPS) is 17.1. The minimum atomic E-state index is -0.0803. The highest BCUT2D eigenvalue weighted by atomic mass is 79.9. The monoisotopic (exact) mass is 291 g/mol. The van der Waals surface area contributed by atoms with Crippen molar-refractivity contribution in [1.82, 2.24) is 0 Å². The summed E-state index contributed by atoms with van der Waals surface area (Å²) >= 11 is 3.47. The molecule has 0 saturated heterocycles. The van der Waals surface area contributed by atoms with Gasteiger partial charge in [0.15, 0.2) is 0 Å². The quantitative estimate of drug-likeness (QED) is 0.940. The fourth-order valence-electron chi connectivity index (χ4n) is 2.00. The number of fused-ring (bicyclic) bond motifs is 1. The molecule has 2 nitrogen and oxygen atoms in total. The van der Waals surface area contributed by atoms with Gasteiger partial charge in [0, 0.05) is 11.0 Å². The predicted molar refractivity (Wildman–Crippen MR) is 73.3 cm³/mol. The van der Waals surface area contributed by atoms with Gasteiger partial charge in [-0.1, -0.05) is 28.1 Å². The van der Waals surface area contributed by atoms with Crippen LogP contribution in [0.1, 0.15) is 12.8 Å². The van der Waals surface area contributed by atoms with Gasteiger partial charge in [-0.05, 0) is 47.9 Å². The van der Waals surface area contributed by atoms with E-state index < -0.39 is 0 Å². The lowest BCUT2D eigenvalue weighted by atomic mass is 10.1. The molecule has 3 heteroatoms. The van der Waals surface area contributed by atoms with Crippen molar-refractivity contribution in [3.8, 4) is 5.75 Å². The second kappa shape index (κ2) is 4.00. The lowest BCUT2D eigenvalue weighted by Crippen LogP contribution is -2.28. The van der Waals surface area contributed by atoms with E-state index in [0.29, 0.717) is 6.54 Å². The molecule has 0 aliphatic heterocycles. The van der Waals surface area contributed by atoms with E-state index in [1.807, 2.05) is 12.1 Å². The van der Waals surface area contributed by atoms with E-state index in [0.717, 1.165) is 23.1 Å². The predicted octanol–water partition coefficient (Wildman–Crippen LogP) is 3.47. The number of ether oxygens (including phenoxy) is 1. The SMILES string of the molecule is NCC1(Oc2ccc3cc(Br)ccc3c2)CC1. The molecule has 0 radical (unpaired) electrons. The highest BCUT2D eigenvalue weighted by Crippen LogP contribution is 2.39. The van der Waals surface area contributed by atoms with Gasteiger partial charge >= 0.3 is 0 Å². The molecule has 0 bridgehead atoms. The number of nitrogens with two attached hydrogens (primary N) is 1. The first-order valence-corrected chi connectivity index (χ1v) is 6.59. The summed E-state index contributed by atoms with van der Waals surface area (Å²) in [5.74, 6) is 0.919. The van der Waals surface area contributed by atoms with Crippen molar-refractivity contribution in [2.75, 3.05) is 6.54 Å². The molecule has 2 aromatic carbocycles. The van der Waals surface area contributed by atoms with Gasteiger partial charge in [0.1, 0.15) is 11.4 Å². The molecule has 1 saturated carbocycles. The smallest absolute Gasteiger partial charge is 0.121 e. The minimum Gasteiger partial charge on any atom is -0.486 e. The summed E-state index contributed by atoms with van der Waals surface area (Å²) in [6.45, 7) is 0.603. The number of benzene rings is 2. The van der Waals surface area contributed by atoms with Crippen LogP contribution >= 0.6 is 15.9 Å². The molecule has 17 heavy (non-hydrogen) atoms. The van der Waals surface area contributed by atoms with E-state index >= 15 is 0 Å². The van der Waals surface area contributed by atoms with Gasteiger partial charge in [0.2, 0.25) is 0 Å². The first-order valence-electron chi connectivity index (χ1n) is 5.79. The molecule has 0 aromatic heterocycles. The zero-order valence-corrected chi connectivity index (χ0v) is 11.0. The average molecular weight is 292 g/mol. The van der Waals surface area contributed by atoms with E-state index in [1.165, 1.54) is 10.8 Å². The number of halogens is 1. The molecule has 0 amide bonds. The Morgan fingerprint density at radius 1 is 1.12 bits per heavy atom. The largest absolute Gasteiger partial charge is 0.486 e. The minimum absolute atomic E-state index is 0.0803. The van der Waals surface area contributed by atoms with Crippen LogP contribution in [0.3, 0.4) is 0 Å². The Morgan fingerprint density at radius 3 is 2.53 bits per heavy atom. The van der Waals surface area contributed by atoms with Crippen LogP contribution in [-0.2, 0) is 0 Å². The summed E-state index contributed by atoms with van der Waals surface area (Å²) in [5.41, 5.74) is 5.64. The fourth-order valence-corrected chi connectivity index (χ4v) is 2.37. The lowest BCUT2D eigenvalue weighted by molar-refractivity contribution is 0.188. The summed E-state index contributed by atoms with van der Waals surface area (Å²) in [6.07, 6.45) is 2.14. The van der Waals surface area contributed by atoms with E-state index in [9.17, 15) is 0 Å². The van der Waals surface area contributed by atoms with Crippen molar-refractivity contribution >= 4 is 26.7 Å². The maximum absolute atomic E-state index is 5.96. The van der Waals surface area contributed by atoms with Gasteiger partial charge in [0.05, 0.1) is 0 Å². The Bertz CT molecular complexity index is 563. The molecular formula is C14H14BrNO. The lowest BCUT2D eigenvalue weighted by Gasteiger charge is -2.16. The van der Waals surface area contributed by atoms with Crippen LogP contribution in [0.2, 0.25) is 0 Å². The zero-order chi connectivity index (χ0) is 11.9. The van der Waals surface area contributed by atoms with Crippen LogP contribution < -0.4 is 10.5 Å². The molecule has 2 N–H and O–H groups in total. The molecular weight excluding hydrogens is 278 g/mol. The zero-order valence-electron chi connectivity index (χ0n) is 9.45. The van der Waals surface area contributed by atoms with E-state index in [2.05, 4.69) is 40.2 Å². The molecule has 0 spiro atoms. The fraction of sp³-hybridized carbons (Fsp3) is 0.286. The van der Waals surface area contributed by atoms with Crippen LogP contribution in [0.4, 0.5) is 0 Å². The summed E-state index contributed by atoms with van der Waals surface area (Å²) in [5, 5.41) is 2.41. The van der Waals surface area contributed by atoms with Crippen LogP contribution in [0.5, 0.6) is 5.75 Å². The third-order valence-electron chi connectivity index (χ3n) is 3.29. The Morgan fingerprint density at radius 2 is 1.82 bits per heavy atom. The van der Waals surface area contributed by atoms with Gasteiger partial charge in [0.25, 0.3) is 0 Å². The van der Waals surface area contributed by atoms with Gasteiger partial charge in [-0.25, -0.2) is 0 Å². The molecule has 1 aliphatic carbocycles. The molecule has 0 atom stereocenters. The summed E-state index contributed by atoms with van der Waals surface area (Å²) in [7, 11) is 0. The topological polar surface area (TPSA) is 35.2 Å². The molecule has 3 rings (SSSR count). The highest BCUT2D eigenvalue weighted by molar-refractivity contribution is 9.10. The van der Waals surface area contributed by atoms with Gasteiger partial charge < -0.3 is 10.5 Å².